The summed E-state index contributed by atoms with van der Waals surface area (Å²) in [6, 6.07) is 0.0671. The molecule has 0 spiro atoms. The molecule has 0 aromatic heterocycles. The van der Waals surface area contributed by atoms with Crippen molar-refractivity contribution >= 4 is 41.5 Å². The van der Waals surface area contributed by atoms with Crippen molar-refractivity contribution < 1.29 is 38.9 Å². The molecule has 0 aliphatic carbocycles. The van der Waals surface area contributed by atoms with Crippen LogP contribution in [0.2, 0.25) is 0 Å². The summed E-state index contributed by atoms with van der Waals surface area (Å²) in [6.45, 7) is 3.89. The average molecular weight is 406 g/mol. The molecule has 1 unspecified atom stereocenters. The van der Waals surface area contributed by atoms with Gasteiger partial charge in [-0.3, -0.25) is 24.0 Å². The smallest absolute Gasteiger partial charge is 0.318 e. The van der Waals surface area contributed by atoms with Crippen LogP contribution >= 0.6 is 11.8 Å². The lowest BCUT2D eigenvalue weighted by Gasteiger charge is -2.16. The summed E-state index contributed by atoms with van der Waals surface area (Å²) in [7, 11) is 1.03. The van der Waals surface area contributed by atoms with Gasteiger partial charge in [-0.2, -0.15) is 11.8 Å². The van der Waals surface area contributed by atoms with E-state index in [1.807, 2.05) is 13.8 Å². The normalized spacial score (nSPS) is 11.7. The van der Waals surface area contributed by atoms with Gasteiger partial charge >= 0.3 is 17.9 Å². The highest BCUT2D eigenvalue weighted by molar-refractivity contribution is 7.99. The van der Waals surface area contributed by atoms with E-state index in [9.17, 15) is 24.0 Å². The fourth-order valence-electron chi connectivity index (χ4n) is 2.03. The topological polar surface area (TPSA) is 159 Å². The third-order valence-corrected chi connectivity index (χ3v) is 4.32. The van der Waals surface area contributed by atoms with E-state index >= 15 is 0 Å². The second-order valence-electron chi connectivity index (χ2n) is 5.92. The Labute approximate surface area is 161 Å². The van der Waals surface area contributed by atoms with Gasteiger partial charge < -0.3 is 25.6 Å². The molecular formula is C16H26N2O8S. The SMILES string of the molecule is COC(=O)C(CC(C(=O)O)C(=O)O)C(=O)NCCSCCC(=O)NC(C)C. The molecule has 0 heterocycles. The summed E-state index contributed by atoms with van der Waals surface area (Å²) in [6.07, 6.45) is -0.369. The number of thioether (sulfide) groups is 1. The molecule has 4 N–H and O–H groups in total. The van der Waals surface area contributed by atoms with Crippen LogP contribution in [0.15, 0.2) is 0 Å². The fraction of sp³-hybridized carbons (Fsp3) is 0.688. The molecule has 2 amide bonds. The van der Waals surface area contributed by atoms with E-state index in [-0.39, 0.29) is 18.5 Å². The van der Waals surface area contributed by atoms with Crippen molar-refractivity contribution in [2.75, 3.05) is 25.2 Å². The van der Waals surface area contributed by atoms with E-state index in [0.717, 1.165) is 7.11 Å². The summed E-state index contributed by atoms with van der Waals surface area (Å²) in [5, 5.41) is 23.0. The second kappa shape index (κ2) is 13.0. The third kappa shape index (κ3) is 10.4. The summed E-state index contributed by atoms with van der Waals surface area (Å²) in [5.41, 5.74) is 0. The molecule has 0 aliphatic rings. The number of aliphatic carboxylic acids is 2. The Kier molecular flexibility index (Phi) is 11.9. The Hall–Kier alpha value is -2.30. The number of carbonyl (C=O) groups is 5. The van der Waals surface area contributed by atoms with Gasteiger partial charge in [0.05, 0.1) is 7.11 Å². The van der Waals surface area contributed by atoms with Crippen molar-refractivity contribution in [3.63, 3.8) is 0 Å². The number of carboxylic acid groups (broad SMARTS) is 2. The first-order valence-corrected chi connectivity index (χ1v) is 9.43. The van der Waals surface area contributed by atoms with Crippen LogP contribution in [0.3, 0.4) is 0 Å². The molecule has 0 bridgehead atoms. The highest BCUT2D eigenvalue weighted by Gasteiger charge is 2.36. The number of amides is 2. The number of carbonyl (C=O) groups excluding carboxylic acids is 3. The van der Waals surface area contributed by atoms with Crippen molar-refractivity contribution in [1.29, 1.82) is 0 Å². The van der Waals surface area contributed by atoms with Gasteiger partial charge in [0, 0.05) is 30.5 Å². The van der Waals surface area contributed by atoms with Crippen molar-refractivity contribution in [2.24, 2.45) is 11.8 Å². The standard InChI is InChI=1S/C16H26N2O8S/c1-9(2)18-12(19)4-6-27-7-5-17-13(20)10(16(25)26-3)8-11(14(21)22)15(23)24/h9-11H,4-8H2,1-3H3,(H,17,20)(H,18,19)(H,21,22)(H,23,24). The molecule has 154 valence electrons. The molecule has 0 aliphatic heterocycles. The number of hydrogen-bond acceptors (Lipinski definition) is 7. The minimum Gasteiger partial charge on any atom is -0.481 e. The number of rotatable bonds is 13. The Morgan fingerprint density at radius 3 is 2.07 bits per heavy atom. The zero-order valence-corrected chi connectivity index (χ0v) is 16.3. The number of carboxylic acids is 2. The maximum Gasteiger partial charge on any atom is 0.318 e. The Balaban J connectivity index is 4.42. The molecular weight excluding hydrogens is 380 g/mol. The molecule has 11 heteroatoms. The van der Waals surface area contributed by atoms with E-state index in [4.69, 9.17) is 10.2 Å². The average Bonchev–Trinajstić information content (AvgIpc) is 2.56. The van der Waals surface area contributed by atoms with Crippen LogP contribution in [-0.4, -0.2) is 71.1 Å². The van der Waals surface area contributed by atoms with Gasteiger partial charge in [0.2, 0.25) is 11.8 Å². The van der Waals surface area contributed by atoms with Gasteiger partial charge in [0.1, 0.15) is 5.92 Å². The molecule has 0 fully saturated rings. The van der Waals surface area contributed by atoms with Gasteiger partial charge in [-0.05, 0) is 20.3 Å². The molecule has 1 atom stereocenters. The van der Waals surface area contributed by atoms with E-state index in [1.54, 1.807) is 0 Å². The largest absolute Gasteiger partial charge is 0.481 e. The van der Waals surface area contributed by atoms with Gasteiger partial charge in [-0.15, -0.1) is 0 Å². The van der Waals surface area contributed by atoms with Gasteiger partial charge in [0.15, 0.2) is 5.92 Å². The van der Waals surface area contributed by atoms with E-state index in [1.165, 1.54) is 11.8 Å². The molecule has 0 rings (SSSR count). The van der Waals surface area contributed by atoms with Gasteiger partial charge in [-0.25, -0.2) is 0 Å². The molecule has 10 nitrogen and oxygen atoms in total. The van der Waals surface area contributed by atoms with Crippen LogP contribution in [0.4, 0.5) is 0 Å². The lowest BCUT2D eigenvalue weighted by Crippen LogP contribution is -2.40. The number of nitrogens with one attached hydrogen (secondary N) is 2. The zero-order chi connectivity index (χ0) is 21.0. The van der Waals surface area contributed by atoms with Crippen molar-refractivity contribution in [3.8, 4) is 0 Å². The molecule has 0 aromatic carbocycles. The number of methoxy groups -OCH3 is 1. The number of hydrogen-bond donors (Lipinski definition) is 4. The van der Waals surface area contributed by atoms with Crippen LogP contribution in [0.5, 0.6) is 0 Å². The highest BCUT2D eigenvalue weighted by Crippen LogP contribution is 2.16. The minimum atomic E-state index is -1.89. The van der Waals surface area contributed by atoms with Crippen molar-refractivity contribution in [1.82, 2.24) is 10.6 Å². The van der Waals surface area contributed by atoms with Crippen LogP contribution < -0.4 is 10.6 Å². The molecule has 0 saturated heterocycles. The summed E-state index contributed by atoms with van der Waals surface area (Å²) >= 11 is 1.42. The number of ether oxygens (including phenoxy) is 1. The van der Waals surface area contributed by atoms with Crippen LogP contribution in [0, 0.1) is 11.8 Å². The molecule has 0 saturated carbocycles. The van der Waals surface area contributed by atoms with Gasteiger partial charge in [0.25, 0.3) is 0 Å². The lowest BCUT2D eigenvalue weighted by molar-refractivity contribution is -0.157. The Bertz CT molecular complexity index is 539. The summed E-state index contributed by atoms with van der Waals surface area (Å²) in [5.74, 6) is -7.56. The first-order valence-electron chi connectivity index (χ1n) is 8.28. The van der Waals surface area contributed by atoms with Crippen LogP contribution in [0.25, 0.3) is 0 Å². The summed E-state index contributed by atoms with van der Waals surface area (Å²) < 4.78 is 4.46. The van der Waals surface area contributed by atoms with Crippen LogP contribution in [0.1, 0.15) is 26.7 Å². The monoisotopic (exact) mass is 406 g/mol. The van der Waals surface area contributed by atoms with E-state index in [2.05, 4.69) is 15.4 Å². The lowest BCUT2D eigenvalue weighted by atomic mass is 9.93. The quantitative estimate of drug-likeness (QED) is 0.183. The first-order chi connectivity index (χ1) is 12.6. The Morgan fingerprint density at radius 2 is 1.59 bits per heavy atom. The number of esters is 1. The van der Waals surface area contributed by atoms with Crippen molar-refractivity contribution in [2.45, 2.75) is 32.7 Å². The van der Waals surface area contributed by atoms with Crippen molar-refractivity contribution in [3.05, 3.63) is 0 Å². The molecule has 27 heavy (non-hydrogen) atoms. The fourth-order valence-corrected chi connectivity index (χ4v) is 2.81. The predicted octanol–water partition coefficient (Wildman–Crippen LogP) is -0.285. The Morgan fingerprint density at radius 1 is 1.00 bits per heavy atom. The maximum atomic E-state index is 12.1. The molecule has 0 aromatic rings. The predicted molar refractivity (Wildman–Crippen MR) is 97.1 cm³/mol. The maximum absolute atomic E-state index is 12.1. The van der Waals surface area contributed by atoms with E-state index in [0.29, 0.717) is 17.9 Å². The first kappa shape index (κ1) is 24.7. The highest BCUT2D eigenvalue weighted by atomic mass is 32.2. The summed E-state index contributed by atoms with van der Waals surface area (Å²) in [4.78, 5) is 57.2. The second-order valence-corrected chi connectivity index (χ2v) is 7.14. The molecule has 0 radical (unpaired) electrons. The zero-order valence-electron chi connectivity index (χ0n) is 15.5. The van der Waals surface area contributed by atoms with E-state index < -0.39 is 42.1 Å². The minimum absolute atomic E-state index is 0.0671. The third-order valence-electron chi connectivity index (χ3n) is 3.34. The van der Waals surface area contributed by atoms with Gasteiger partial charge in [-0.1, -0.05) is 0 Å². The van der Waals surface area contributed by atoms with Crippen LogP contribution in [-0.2, 0) is 28.7 Å².